The molecule has 1 saturated heterocycles. The summed E-state index contributed by atoms with van der Waals surface area (Å²) in [5.41, 5.74) is 1.87. The number of hydrogen-bond acceptors (Lipinski definition) is 3. The molecular formula is C14H21N3O. The number of fused-ring (bicyclic) bond motifs is 1. The van der Waals surface area contributed by atoms with Crippen LogP contribution in [0.15, 0.2) is 0 Å². The molecule has 1 unspecified atom stereocenters. The summed E-state index contributed by atoms with van der Waals surface area (Å²) in [6, 6.07) is 0. The second-order valence-electron chi connectivity index (χ2n) is 5.63. The van der Waals surface area contributed by atoms with Crippen LogP contribution in [0.3, 0.4) is 0 Å². The summed E-state index contributed by atoms with van der Waals surface area (Å²) in [5.74, 6) is 1.67. The van der Waals surface area contributed by atoms with Crippen LogP contribution < -0.4 is 0 Å². The highest BCUT2D eigenvalue weighted by atomic mass is 16.1. The van der Waals surface area contributed by atoms with Gasteiger partial charge in [0.1, 0.15) is 11.5 Å². The van der Waals surface area contributed by atoms with Gasteiger partial charge in [-0.2, -0.15) is 0 Å². The summed E-state index contributed by atoms with van der Waals surface area (Å²) in [6.07, 6.45) is 6.81. The molecule has 0 spiro atoms. The molecule has 2 aliphatic heterocycles. The molecule has 0 radical (unpaired) electrons. The van der Waals surface area contributed by atoms with E-state index < -0.39 is 0 Å². The fourth-order valence-corrected chi connectivity index (χ4v) is 3.38. The van der Waals surface area contributed by atoms with E-state index in [9.17, 15) is 4.79 Å². The van der Waals surface area contributed by atoms with Gasteiger partial charge >= 0.3 is 0 Å². The van der Waals surface area contributed by atoms with E-state index in [1.165, 1.54) is 43.7 Å². The number of carbonyl (C=O) groups excluding carboxylic acids is 1. The van der Waals surface area contributed by atoms with Gasteiger partial charge in [-0.3, -0.25) is 4.79 Å². The zero-order chi connectivity index (χ0) is 12.5. The summed E-state index contributed by atoms with van der Waals surface area (Å²) >= 11 is 0. The number of likely N-dealkylation sites (tertiary alicyclic amines) is 1. The number of carbonyl (C=O) groups is 1. The molecule has 0 aliphatic carbocycles. The first-order valence-corrected chi connectivity index (χ1v) is 7.02. The lowest BCUT2D eigenvalue weighted by molar-refractivity contribution is 0.111. The number of piperidine rings is 1. The Morgan fingerprint density at radius 2 is 2.17 bits per heavy atom. The van der Waals surface area contributed by atoms with Crippen molar-refractivity contribution in [3.8, 4) is 0 Å². The predicted molar refractivity (Wildman–Crippen MR) is 70.0 cm³/mol. The van der Waals surface area contributed by atoms with Crippen molar-refractivity contribution in [3.63, 3.8) is 0 Å². The number of likely N-dealkylation sites (N-methyl/N-ethyl adjacent to an activating group) is 1. The van der Waals surface area contributed by atoms with Crippen molar-refractivity contribution in [1.82, 2.24) is 14.5 Å². The van der Waals surface area contributed by atoms with Crippen LogP contribution in [0, 0.1) is 0 Å². The Hall–Kier alpha value is -1.16. The van der Waals surface area contributed by atoms with E-state index in [1.54, 1.807) is 0 Å². The molecule has 3 rings (SSSR count). The van der Waals surface area contributed by atoms with Crippen LogP contribution >= 0.6 is 0 Å². The fourth-order valence-electron chi connectivity index (χ4n) is 3.38. The molecular weight excluding hydrogens is 226 g/mol. The smallest absolute Gasteiger partial charge is 0.170 e. The van der Waals surface area contributed by atoms with Gasteiger partial charge in [-0.25, -0.2) is 4.98 Å². The van der Waals surface area contributed by atoms with E-state index in [2.05, 4.69) is 21.5 Å². The maximum absolute atomic E-state index is 11.2. The number of aromatic nitrogens is 2. The minimum Gasteiger partial charge on any atom is -0.331 e. The third-order valence-corrected chi connectivity index (χ3v) is 4.28. The lowest BCUT2D eigenvalue weighted by Crippen LogP contribution is -2.32. The Balaban J connectivity index is 1.95. The van der Waals surface area contributed by atoms with Gasteiger partial charge in [-0.1, -0.05) is 0 Å². The maximum atomic E-state index is 11.2. The molecule has 0 bridgehead atoms. The van der Waals surface area contributed by atoms with Crippen molar-refractivity contribution in [2.45, 2.75) is 44.6 Å². The first-order valence-electron chi connectivity index (χ1n) is 7.02. The minimum atomic E-state index is 0.509. The molecule has 0 saturated carbocycles. The molecule has 98 valence electrons. The third kappa shape index (κ3) is 1.99. The number of imidazole rings is 1. The second kappa shape index (κ2) is 4.84. The monoisotopic (exact) mass is 247 g/mol. The Morgan fingerprint density at radius 3 is 2.94 bits per heavy atom. The van der Waals surface area contributed by atoms with Crippen molar-refractivity contribution in [3.05, 3.63) is 17.2 Å². The van der Waals surface area contributed by atoms with Gasteiger partial charge in [0, 0.05) is 24.7 Å². The zero-order valence-electron chi connectivity index (χ0n) is 11.1. The number of aldehydes is 1. The Kier molecular flexibility index (Phi) is 3.20. The zero-order valence-corrected chi connectivity index (χ0v) is 11.1. The van der Waals surface area contributed by atoms with E-state index in [0.717, 1.165) is 25.8 Å². The Labute approximate surface area is 108 Å². The molecule has 0 amide bonds. The average molecular weight is 247 g/mol. The molecule has 18 heavy (non-hydrogen) atoms. The van der Waals surface area contributed by atoms with Gasteiger partial charge in [0.25, 0.3) is 0 Å². The van der Waals surface area contributed by atoms with Crippen molar-refractivity contribution in [2.75, 3.05) is 20.1 Å². The number of rotatable bonds is 2. The molecule has 1 atom stereocenters. The van der Waals surface area contributed by atoms with Gasteiger partial charge < -0.3 is 9.47 Å². The van der Waals surface area contributed by atoms with Crippen LogP contribution in [-0.4, -0.2) is 40.9 Å². The molecule has 4 nitrogen and oxygen atoms in total. The number of nitrogens with zero attached hydrogens (tertiary/aromatic N) is 3. The first-order chi connectivity index (χ1) is 8.79. The molecule has 0 aromatic carbocycles. The average Bonchev–Trinajstić information content (AvgIpc) is 2.77. The fraction of sp³-hybridized carbons (Fsp3) is 0.714. The van der Waals surface area contributed by atoms with Crippen LogP contribution in [0.2, 0.25) is 0 Å². The number of hydrogen-bond donors (Lipinski definition) is 0. The predicted octanol–water partition coefficient (Wildman–Crippen LogP) is 1.84. The highest BCUT2D eigenvalue weighted by Gasteiger charge is 2.27. The summed E-state index contributed by atoms with van der Waals surface area (Å²) in [6.45, 7) is 3.31. The van der Waals surface area contributed by atoms with Gasteiger partial charge in [0.05, 0.1) is 0 Å². The third-order valence-electron chi connectivity index (χ3n) is 4.28. The largest absolute Gasteiger partial charge is 0.331 e. The summed E-state index contributed by atoms with van der Waals surface area (Å²) in [7, 11) is 2.17. The minimum absolute atomic E-state index is 0.509. The Morgan fingerprint density at radius 1 is 1.28 bits per heavy atom. The van der Waals surface area contributed by atoms with Crippen molar-refractivity contribution in [2.24, 2.45) is 0 Å². The van der Waals surface area contributed by atoms with Crippen LogP contribution in [0.25, 0.3) is 0 Å². The summed E-state index contributed by atoms with van der Waals surface area (Å²) in [4.78, 5) is 18.2. The van der Waals surface area contributed by atoms with Crippen molar-refractivity contribution >= 4 is 6.29 Å². The normalized spacial score (nSPS) is 24.8. The Bertz CT molecular complexity index is 452. The van der Waals surface area contributed by atoms with Crippen LogP contribution in [0.5, 0.6) is 0 Å². The highest BCUT2D eigenvalue weighted by Crippen LogP contribution is 2.29. The quantitative estimate of drug-likeness (QED) is 0.748. The van der Waals surface area contributed by atoms with E-state index >= 15 is 0 Å². The molecule has 0 N–H and O–H groups in total. The molecule has 2 aliphatic rings. The van der Waals surface area contributed by atoms with Crippen LogP contribution in [-0.2, 0) is 13.0 Å². The molecule has 1 fully saturated rings. The lowest BCUT2D eigenvalue weighted by Gasteiger charge is -2.30. The molecule has 1 aromatic heterocycles. The van der Waals surface area contributed by atoms with Gasteiger partial charge in [-0.05, 0) is 45.7 Å². The van der Waals surface area contributed by atoms with Crippen molar-refractivity contribution < 1.29 is 4.79 Å². The topological polar surface area (TPSA) is 38.1 Å². The first kappa shape index (κ1) is 11.9. The van der Waals surface area contributed by atoms with E-state index in [-0.39, 0.29) is 0 Å². The van der Waals surface area contributed by atoms with E-state index in [4.69, 9.17) is 0 Å². The van der Waals surface area contributed by atoms with Crippen molar-refractivity contribution in [1.29, 1.82) is 0 Å². The molecule has 4 heteroatoms. The van der Waals surface area contributed by atoms with Gasteiger partial charge in [-0.15, -0.1) is 0 Å². The van der Waals surface area contributed by atoms with E-state index in [0.29, 0.717) is 11.6 Å². The molecule has 3 heterocycles. The van der Waals surface area contributed by atoms with Crippen LogP contribution in [0.4, 0.5) is 0 Å². The maximum Gasteiger partial charge on any atom is 0.170 e. The van der Waals surface area contributed by atoms with Crippen LogP contribution in [0.1, 0.15) is 53.6 Å². The summed E-state index contributed by atoms with van der Waals surface area (Å²) < 4.78 is 2.33. The van der Waals surface area contributed by atoms with Gasteiger partial charge in [0.15, 0.2) is 6.29 Å². The lowest BCUT2D eigenvalue weighted by atomic mass is 9.97. The summed E-state index contributed by atoms with van der Waals surface area (Å²) in [5, 5.41) is 0. The SMILES string of the molecule is CN1CCCC(c2nc(C=O)c3n2CCCC3)C1. The highest BCUT2D eigenvalue weighted by molar-refractivity contribution is 5.74. The second-order valence-corrected chi connectivity index (χ2v) is 5.63. The standard InChI is InChI=1S/C14H21N3O/c1-16-7-4-5-11(9-16)14-15-12(10-18)13-6-2-3-8-17(13)14/h10-11H,2-9H2,1H3. The molecule has 1 aromatic rings. The van der Waals surface area contributed by atoms with Gasteiger partial charge in [0.2, 0.25) is 0 Å². The van der Waals surface area contributed by atoms with E-state index in [1.807, 2.05) is 0 Å².